The first-order valence-corrected chi connectivity index (χ1v) is 11.6. The van der Waals surface area contributed by atoms with Gasteiger partial charge < -0.3 is 4.90 Å². The van der Waals surface area contributed by atoms with Crippen LogP contribution in [0.3, 0.4) is 0 Å². The van der Waals surface area contributed by atoms with Crippen molar-refractivity contribution in [2.24, 2.45) is 4.99 Å². The maximum atomic E-state index is 12.1. The van der Waals surface area contributed by atoms with Crippen LogP contribution in [0.2, 0.25) is 5.02 Å². The molecule has 2 atom stereocenters. The van der Waals surface area contributed by atoms with Crippen molar-refractivity contribution in [2.45, 2.75) is 24.8 Å². The van der Waals surface area contributed by atoms with Crippen molar-refractivity contribution >= 4 is 44.1 Å². The van der Waals surface area contributed by atoms with Crippen LogP contribution in [0.4, 0.5) is 5.69 Å². The molecule has 2 aliphatic heterocycles. The Morgan fingerprint density at radius 2 is 2.00 bits per heavy atom. The van der Waals surface area contributed by atoms with Crippen LogP contribution < -0.4 is 4.90 Å². The van der Waals surface area contributed by atoms with Crippen LogP contribution >= 0.6 is 23.4 Å². The van der Waals surface area contributed by atoms with Crippen LogP contribution in [0.5, 0.6) is 0 Å². The molecule has 0 N–H and O–H groups in total. The minimum absolute atomic E-state index is 0.128. The normalized spacial score (nSPS) is 23.8. The molecule has 0 spiro atoms. The van der Waals surface area contributed by atoms with E-state index in [2.05, 4.69) is 36.1 Å². The Morgan fingerprint density at radius 3 is 2.77 bits per heavy atom. The summed E-state index contributed by atoms with van der Waals surface area (Å²) in [5.41, 5.74) is 3.36. The zero-order valence-electron chi connectivity index (χ0n) is 14.3. The van der Waals surface area contributed by atoms with Crippen molar-refractivity contribution in [1.82, 2.24) is 0 Å². The Morgan fingerprint density at radius 1 is 1.19 bits per heavy atom. The number of rotatable bonds is 3. The number of benzene rings is 2. The highest BCUT2D eigenvalue weighted by atomic mass is 35.5. The number of hydrogen-bond donors (Lipinski definition) is 0. The lowest BCUT2D eigenvalue weighted by atomic mass is 10.1. The SMILES string of the molecule is Cc1cccc(CSC2=N[C@H]3CS(=O)(=O)C[C@@H]3N2c2cccc(Cl)c2)c1. The third-order valence-electron chi connectivity index (χ3n) is 4.64. The molecule has 0 amide bonds. The van der Waals surface area contributed by atoms with E-state index < -0.39 is 9.84 Å². The number of aliphatic imine (C=N–C) groups is 1. The number of anilines is 1. The second-order valence-corrected chi connectivity index (χ2v) is 10.3. The minimum Gasteiger partial charge on any atom is -0.315 e. The number of nitrogens with zero attached hydrogens (tertiary/aromatic N) is 2. The summed E-state index contributed by atoms with van der Waals surface area (Å²) in [5.74, 6) is 1.06. The van der Waals surface area contributed by atoms with Crippen LogP contribution in [0.1, 0.15) is 11.1 Å². The van der Waals surface area contributed by atoms with Crippen LogP contribution in [0, 0.1) is 6.92 Å². The Labute approximate surface area is 163 Å². The molecule has 0 radical (unpaired) electrons. The molecule has 136 valence electrons. The molecule has 7 heteroatoms. The molecule has 26 heavy (non-hydrogen) atoms. The van der Waals surface area contributed by atoms with Gasteiger partial charge in [0.2, 0.25) is 0 Å². The van der Waals surface area contributed by atoms with Gasteiger partial charge in [0.1, 0.15) is 0 Å². The molecule has 1 fully saturated rings. The highest BCUT2D eigenvalue weighted by Gasteiger charge is 2.47. The molecule has 2 aromatic rings. The van der Waals surface area contributed by atoms with Gasteiger partial charge in [-0.25, -0.2) is 8.42 Å². The molecular weight excluding hydrogens is 388 g/mol. The highest BCUT2D eigenvalue weighted by molar-refractivity contribution is 8.13. The van der Waals surface area contributed by atoms with E-state index in [1.54, 1.807) is 11.8 Å². The minimum atomic E-state index is -3.04. The molecule has 2 aromatic carbocycles. The van der Waals surface area contributed by atoms with Crippen molar-refractivity contribution in [3.8, 4) is 0 Å². The fourth-order valence-corrected chi connectivity index (χ4v) is 6.61. The largest absolute Gasteiger partial charge is 0.315 e. The van der Waals surface area contributed by atoms with E-state index >= 15 is 0 Å². The summed E-state index contributed by atoms with van der Waals surface area (Å²) in [6.45, 7) is 2.08. The number of hydrogen-bond acceptors (Lipinski definition) is 5. The highest BCUT2D eigenvalue weighted by Crippen LogP contribution is 2.36. The number of thioether (sulfide) groups is 1. The molecule has 0 bridgehead atoms. The Balaban J connectivity index is 1.63. The van der Waals surface area contributed by atoms with E-state index in [-0.39, 0.29) is 23.6 Å². The fourth-order valence-electron chi connectivity index (χ4n) is 3.51. The number of aryl methyl sites for hydroxylation is 1. The van der Waals surface area contributed by atoms with Gasteiger partial charge in [-0.1, -0.05) is 59.3 Å². The van der Waals surface area contributed by atoms with Crippen molar-refractivity contribution in [2.75, 3.05) is 16.4 Å². The Kier molecular flexibility index (Phi) is 4.75. The summed E-state index contributed by atoms with van der Waals surface area (Å²) in [4.78, 5) is 6.81. The van der Waals surface area contributed by atoms with Crippen molar-refractivity contribution < 1.29 is 8.42 Å². The monoisotopic (exact) mass is 406 g/mol. The van der Waals surface area contributed by atoms with Gasteiger partial charge in [0.05, 0.1) is 23.6 Å². The third-order valence-corrected chi connectivity index (χ3v) is 7.62. The van der Waals surface area contributed by atoms with Gasteiger partial charge in [0, 0.05) is 16.5 Å². The van der Waals surface area contributed by atoms with Gasteiger partial charge in [-0.05, 0) is 30.7 Å². The Bertz CT molecular complexity index is 975. The third kappa shape index (κ3) is 3.63. The zero-order valence-corrected chi connectivity index (χ0v) is 16.7. The first-order valence-electron chi connectivity index (χ1n) is 8.43. The van der Waals surface area contributed by atoms with E-state index in [1.165, 1.54) is 11.1 Å². The first kappa shape index (κ1) is 17.9. The standard InChI is InChI=1S/C19H19ClN2O2S2/c1-13-4-2-5-14(8-13)10-25-19-21-17-11-26(23,24)12-18(17)22(19)16-7-3-6-15(20)9-16/h2-9,17-18H,10-12H2,1H3/t17-,18-/m0/s1. The molecule has 2 aliphatic rings. The van der Waals surface area contributed by atoms with E-state index in [4.69, 9.17) is 16.6 Å². The van der Waals surface area contributed by atoms with Crippen molar-refractivity contribution in [3.63, 3.8) is 0 Å². The number of halogens is 1. The maximum Gasteiger partial charge on any atom is 0.164 e. The molecule has 4 rings (SSSR count). The van der Waals surface area contributed by atoms with Gasteiger partial charge in [-0.3, -0.25) is 4.99 Å². The molecule has 0 aromatic heterocycles. The molecule has 4 nitrogen and oxygen atoms in total. The van der Waals surface area contributed by atoms with Gasteiger partial charge in [-0.2, -0.15) is 0 Å². The maximum absolute atomic E-state index is 12.1. The quantitative estimate of drug-likeness (QED) is 0.775. The summed E-state index contributed by atoms with van der Waals surface area (Å²) in [6.07, 6.45) is 0. The molecule has 2 heterocycles. The van der Waals surface area contributed by atoms with Gasteiger partial charge in [-0.15, -0.1) is 0 Å². The summed E-state index contributed by atoms with van der Waals surface area (Å²) in [6, 6.07) is 15.6. The average Bonchev–Trinajstić information content (AvgIpc) is 3.04. The second kappa shape index (κ2) is 6.91. The molecule has 1 saturated heterocycles. The van der Waals surface area contributed by atoms with Crippen LogP contribution in [0.15, 0.2) is 53.5 Å². The van der Waals surface area contributed by atoms with Crippen molar-refractivity contribution in [3.05, 3.63) is 64.7 Å². The predicted octanol–water partition coefficient (Wildman–Crippen LogP) is 3.92. The number of amidine groups is 1. The fraction of sp³-hybridized carbons (Fsp3) is 0.316. The molecule has 0 saturated carbocycles. The summed E-state index contributed by atoms with van der Waals surface area (Å²) in [5, 5.41) is 1.51. The van der Waals surface area contributed by atoms with E-state index in [0.29, 0.717) is 5.02 Å². The van der Waals surface area contributed by atoms with Crippen LogP contribution in [-0.4, -0.2) is 37.2 Å². The van der Waals surface area contributed by atoms with E-state index in [9.17, 15) is 8.42 Å². The first-order chi connectivity index (χ1) is 12.4. The molecule has 0 unspecified atom stereocenters. The lowest BCUT2D eigenvalue weighted by Gasteiger charge is -2.26. The van der Waals surface area contributed by atoms with Gasteiger partial charge in [0.15, 0.2) is 15.0 Å². The van der Waals surface area contributed by atoms with Crippen LogP contribution in [0.25, 0.3) is 0 Å². The second-order valence-electron chi connectivity index (χ2n) is 6.75. The summed E-state index contributed by atoms with van der Waals surface area (Å²) < 4.78 is 24.2. The lowest BCUT2D eigenvalue weighted by Crippen LogP contribution is -2.39. The number of fused-ring (bicyclic) bond motifs is 1. The average molecular weight is 407 g/mol. The molecule has 0 aliphatic carbocycles. The smallest absolute Gasteiger partial charge is 0.164 e. The topological polar surface area (TPSA) is 49.7 Å². The van der Waals surface area contributed by atoms with E-state index in [0.717, 1.165) is 16.6 Å². The van der Waals surface area contributed by atoms with Gasteiger partial charge in [0.25, 0.3) is 0 Å². The number of sulfone groups is 1. The zero-order chi connectivity index (χ0) is 18.3. The summed E-state index contributed by atoms with van der Waals surface area (Å²) >= 11 is 7.82. The Hall–Kier alpha value is -1.50. The van der Waals surface area contributed by atoms with Gasteiger partial charge >= 0.3 is 0 Å². The lowest BCUT2D eigenvalue weighted by molar-refractivity contribution is 0.601. The summed E-state index contributed by atoms with van der Waals surface area (Å²) in [7, 11) is -3.04. The van der Waals surface area contributed by atoms with Crippen molar-refractivity contribution in [1.29, 1.82) is 0 Å². The predicted molar refractivity (Wildman–Crippen MR) is 110 cm³/mol. The molecular formula is C19H19ClN2O2S2. The van der Waals surface area contributed by atoms with E-state index in [1.807, 2.05) is 24.3 Å². The van der Waals surface area contributed by atoms with Crippen LogP contribution in [-0.2, 0) is 15.6 Å².